The fraction of sp³-hybridized carbons (Fsp3) is 0.520. The molecule has 2 unspecified atom stereocenters. The second-order valence-electron chi connectivity index (χ2n) is 10.4. The van der Waals surface area contributed by atoms with Crippen molar-refractivity contribution in [2.45, 2.75) is 57.2 Å². The minimum absolute atomic E-state index is 0.00791. The van der Waals surface area contributed by atoms with Gasteiger partial charge in [0.15, 0.2) is 0 Å². The molecule has 35 heavy (non-hydrogen) atoms. The van der Waals surface area contributed by atoms with Crippen molar-refractivity contribution < 1.29 is 19.1 Å². The highest BCUT2D eigenvalue weighted by molar-refractivity contribution is 6.42. The Balaban J connectivity index is 1.33. The lowest BCUT2D eigenvalue weighted by atomic mass is 9.74. The van der Waals surface area contributed by atoms with Crippen molar-refractivity contribution in [2.75, 3.05) is 0 Å². The van der Waals surface area contributed by atoms with Gasteiger partial charge in [-0.2, -0.15) is 0 Å². The molecular weight excluding hydrogens is 494 g/mol. The van der Waals surface area contributed by atoms with Gasteiger partial charge < -0.3 is 15.7 Å². The van der Waals surface area contributed by atoms with Gasteiger partial charge in [0.1, 0.15) is 5.82 Å². The van der Waals surface area contributed by atoms with E-state index in [1.54, 1.807) is 6.07 Å². The third kappa shape index (κ3) is 4.76. The van der Waals surface area contributed by atoms with Gasteiger partial charge in [-0.15, -0.1) is 0 Å². The van der Waals surface area contributed by atoms with Crippen LogP contribution in [0.4, 0.5) is 4.39 Å². The molecule has 3 saturated carbocycles. The van der Waals surface area contributed by atoms with E-state index >= 15 is 4.39 Å². The van der Waals surface area contributed by atoms with Crippen LogP contribution in [0.3, 0.4) is 0 Å². The van der Waals surface area contributed by atoms with E-state index in [1.807, 2.05) is 0 Å². The predicted molar refractivity (Wildman–Crippen MR) is 128 cm³/mol. The summed E-state index contributed by atoms with van der Waals surface area (Å²) in [6.45, 7) is 2.06. The number of carbonyl (C=O) groups excluding carboxylic acids is 2. The summed E-state index contributed by atoms with van der Waals surface area (Å²) < 4.78 is 15.1. The molecule has 0 bridgehead atoms. The van der Waals surface area contributed by atoms with E-state index in [-0.39, 0.29) is 45.6 Å². The summed E-state index contributed by atoms with van der Waals surface area (Å²) in [6, 6.07) is 3.01. The second kappa shape index (κ2) is 9.30. The first-order valence-corrected chi connectivity index (χ1v) is 12.6. The fourth-order valence-corrected chi connectivity index (χ4v) is 6.45. The number of nitrogens with one attached hydrogen (secondary N) is 2. The molecule has 0 saturated heterocycles. The number of fused-ring (bicyclic) bond motifs is 1. The highest BCUT2D eigenvalue weighted by atomic mass is 35.5. The number of hydrogen-bond acceptors (Lipinski definition) is 5. The fourth-order valence-electron chi connectivity index (χ4n) is 6.02. The molecule has 0 aliphatic heterocycles. The lowest BCUT2D eigenvalue weighted by Gasteiger charge is -2.38. The first-order chi connectivity index (χ1) is 16.7. The van der Waals surface area contributed by atoms with Crippen LogP contribution in [-0.2, 0) is 4.79 Å². The van der Waals surface area contributed by atoms with Crippen LogP contribution in [0.1, 0.15) is 61.3 Å². The van der Waals surface area contributed by atoms with Crippen LogP contribution in [0.5, 0.6) is 0 Å². The predicted octanol–water partition coefficient (Wildman–Crippen LogP) is 4.09. The van der Waals surface area contributed by atoms with Crippen LogP contribution in [0.25, 0.3) is 0 Å². The van der Waals surface area contributed by atoms with Gasteiger partial charge >= 0.3 is 0 Å². The van der Waals surface area contributed by atoms with Gasteiger partial charge in [-0.3, -0.25) is 9.59 Å². The quantitative estimate of drug-likeness (QED) is 0.497. The van der Waals surface area contributed by atoms with Gasteiger partial charge in [-0.1, -0.05) is 30.1 Å². The highest BCUT2D eigenvalue weighted by Crippen LogP contribution is 2.64. The molecule has 1 heterocycles. The van der Waals surface area contributed by atoms with Crippen molar-refractivity contribution in [3.8, 4) is 0 Å². The van der Waals surface area contributed by atoms with Crippen LogP contribution >= 0.6 is 23.2 Å². The Kier molecular flexibility index (Phi) is 6.48. The highest BCUT2D eigenvalue weighted by Gasteiger charge is 2.56. The molecule has 0 spiro atoms. The maximum absolute atomic E-state index is 15.1. The molecule has 186 valence electrons. The van der Waals surface area contributed by atoms with Gasteiger partial charge in [0, 0.05) is 23.9 Å². The average Bonchev–Trinajstić information content (AvgIpc) is 3.28. The lowest BCUT2D eigenvalue weighted by molar-refractivity contribution is -0.126. The van der Waals surface area contributed by atoms with Gasteiger partial charge in [-0.25, -0.2) is 14.4 Å². The maximum Gasteiger partial charge on any atom is 0.289 e. The number of nitrogens with zero attached hydrogens (tertiary/aromatic N) is 2. The molecule has 0 radical (unpaired) electrons. The zero-order chi connectivity index (χ0) is 24.9. The Morgan fingerprint density at radius 3 is 2.51 bits per heavy atom. The zero-order valence-electron chi connectivity index (χ0n) is 19.2. The summed E-state index contributed by atoms with van der Waals surface area (Å²) in [5, 5.41) is 16.7. The standard InChI is InChI=1S/C25H27Cl2FN4O3/c1-25(10-13-7-14(13)11-25)21(19-16(28)4-3-15(26)20(19)27)32-23(34)12-8-17(18(33)9-12)31-24(35)22-29-5-2-6-30-22/h2-6,12-14,17-18,21,33H,7-11H2,1H3,(H,31,35)(H,32,34)/t12-,13-,14+,17?,18+,21+,25?/m0/s1. The largest absolute Gasteiger partial charge is 0.391 e. The molecule has 7 nitrogen and oxygen atoms in total. The third-order valence-electron chi connectivity index (χ3n) is 7.86. The number of aliphatic hydroxyl groups excluding tert-OH is 1. The SMILES string of the molecule is CC1([C@H](NC(=O)[C@H]2CC(NC(=O)c3ncccn3)[C@H](O)C2)c2c(F)ccc(Cl)c2Cl)C[C@H]2C[C@H]2C1. The summed E-state index contributed by atoms with van der Waals surface area (Å²) in [4.78, 5) is 33.7. The van der Waals surface area contributed by atoms with E-state index in [0.717, 1.165) is 12.8 Å². The smallest absolute Gasteiger partial charge is 0.289 e. The molecule has 3 N–H and O–H groups in total. The molecule has 2 amide bonds. The van der Waals surface area contributed by atoms with E-state index in [2.05, 4.69) is 27.5 Å². The lowest BCUT2D eigenvalue weighted by Crippen LogP contribution is -2.42. The molecule has 2 aromatic rings. The number of amides is 2. The van der Waals surface area contributed by atoms with Crippen molar-refractivity contribution in [3.63, 3.8) is 0 Å². The number of aromatic nitrogens is 2. The van der Waals surface area contributed by atoms with Crippen molar-refractivity contribution in [1.82, 2.24) is 20.6 Å². The molecule has 7 atom stereocenters. The molecule has 1 aromatic heterocycles. The summed E-state index contributed by atoms with van der Waals surface area (Å²) in [5.74, 6) is -0.715. The van der Waals surface area contributed by atoms with E-state index in [0.29, 0.717) is 11.8 Å². The first kappa shape index (κ1) is 24.4. The minimum Gasteiger partial charge on any atom is -0.391 e. The first-order valence-electron chi connectivity index (χ1n) is 11.9. The molecule has 3 fully saturated rings. The van der Waals surface area contributed by atoms with Crippen molar-refractivity contribution in [2.24, 2.45) is 23.2 Å². The summed E-state index contributed by atoms with van der Waals surface area (Å²) in [7, 11) is 0. The number of hydrogen-bond donors (Lipinski definition) is 3. The maximum atomic E-state index is 15.1. The molecule has 1 aromatic carbocycles. The van der Waals surface area contributed by atoms with Gasteiger partial charge in [0.2, 0.25) is 11.7 Å². The topological polar surface area (TPSA) is 104 Å². The van der Waals surface area contributed by atoms with Crippen LogP contribution in [-0.4, -0.2) is 39.0 Å². The molecule has 3 aliphatic carbocycles. The average molecular weight is 521 g/mol. The molecule has 10 heteroatoms. The van der Waals surface area contributed by atoms with E-state index in [9.17, 15) is 14.7 Å². The number of rotatable bonds is 6. The minimum atomic E-state index is -0.905. The Bertz CT molecular complexity index is 1140. The molecular formula is C25H27Cl2FN4O3. The van der Waals surface area contributed by atoms with Crippen LogP contribution in [0.2, 0.25) is 10.0 Å². The second-order valence-corrected chi connectivity index (χ2v) is 11.2. The summed E-state index contributed by atoms with van der Waals surface area (Å²) in [6.07, 6.45) is 5.33. The van der Waals surface area contributed by atoms with E-state index in [4.69, 9.17) is 23.2 Å². The molecule has 5 rings (SSSR count). The van der Waals surface area contributed by atoms with Gasteiger partial charge in [0.05, 0.1) is 28.2 Å². The molecule has 3 aliphatic rings. The van der Waals surface area contributed by atoms with E-state index in [1.165, 1.54) is 30.9 Å². The van der Waals surface area contributed by atoms with Crippen LogP contribution < -0.4 is 10.6 Å². The summed E-state index contributed by atoms with van der Waals surface area (Å²) in [5.41, 5.74) is -0.158. The number of aliphatic hydroxyl groups is 1. The monoisotopic (exact) mass is 520 g/mol. The van der Waals surface area contributed by atoms with Gasteiger partial charge in [-0.05, 0) is 67.6 Å². The Labute approximate surface area is 212 Å². The third-order valence-corrected chi connectivity index (χ3v) is 8.68. The Hall–Kier alpha value is -2.29. The van der Waals surface area contributed by atoms with Crippen molar-refractivity contribution in [3.05, 3.63) is 57.8 Å². The number of carbonyl (C=O) groups is 2. The van der Waals surface area contributed by atoms with Crippen LogP contribution in [0, 0.1) is 29.0 Å². The normalized spacial score (nSPS) is 32.1. The van der Waals surface area contributed by atoms with Crippen molar-refractivity contribution in [1.29, 1.82) is 0 Å². The number of halogens is 3. The van der Waals surface area contributed by atoms with Crippen molar-refractivity contribution >= 4 is 35.0 Å². The zero-order valence-corrected chi connectivity index (χ0v) is 20.7. The Morgan fingerprint density at radius 1 is 1.14 bits per heavy atom. The van der Waals surface area contributed by atoms with E-state index < -0.39 is 35.8 Å². The van der Waals surface area contributed by atoms with Gasteiger partial charge in [0.25, 0.3) is 5.91 Å². The van der Waals surface area contributed by atoms with Crippen LogP contribution in [0.15, 0.2) is 30.6 Å². The summed E-state index contributed by atoms with van der Waals surface area (Å²) >= 11 is 12.7. The number of benzene rings is 1. The Morgan fingerprint density at radius 2 is 1.83 bits per heavy atom.